The number of carbonyl (C=O) groups is 1. The molecule has 2 heterocycles. The molecule has 0 spiro atoms. The fraction of sp³-hybridized carbons (Fsp3) is 0.300. The van der Waals surface area contributed by atoms with Gasteiger partial charge in [0.15, 0.2) is 0 Å². The first kappa shape index (κ1) is 16.6. The molecule has 0 radical (unpaired) electrons. The van der Waals surface area contributed by atoms with Crippen LogP contribution in [0.4, 0.5) is 9.18 Å². The Bertz CT molecular complexity index is 910. The van der Waals surface area contributed by atoms with Crippen molar-refractivity contribution in [3.63, 3.8) is 0 Å². The maximum Gasteiger partial charge on any atom is 0.410 e. The van der Waals surface area contributed by atoms with Crippen molar-refractivity contribution in [3.05, 3.63) is 66.1 Å². The molecular formula is C20H20FN3O2. The van der Waals surface area contributed by atoms with E-state index in [4.69, 9.17) is 4.74 Å². The van der Waals surface area contributed by atoms with Crippen molar-refractivity contribution in [1.82, 2.24) is 14.7 Å². The molecule has 1 aliphatic rings. The Morgan fingerprint density at radius 3 is 2.92 bits per heavy atom. The summed E-state index contributed by atoms with van der Waals surface area (Å²) in [6, 6.07) is 14.3. The molecule has 1 aliphatic heterocycles. The Morgan fingerprint density at radius 1 is 1.23 bits per heavy atom. The van der Waals surface area contributed by atoms with Crippen LogP contribution in [0.3, 0.4) is 0 Å². The number of ether oxygens (including phenoxy) is 1. The SMILES string of the molecule is O=C(OCc1ccccc1)N1CCC[C@H]1Cn1ncc2ccc(F)cc21. The molecular weight excluding hydrogens is 333 g/mol. The lowest BCUT2D eigenvalue weighted by atomic mass is 10.2. The van der Waals surface area contributed by atoms with Gasteiger partial charge in [0.1, 0.15) is 12.4 Å². The Kier molecular flexibility index (Phi) is 4.56. The summed E-state index contributed by atoms with van der Waals surface area (Å²) in [7, 11) is 0. The third-order valence-corrected chi connectivity index (χ3v) is 4.81. The molecule has 1 fully saturated rings. The first-order valence-corrected chi connectivity index (χ1v) is 8.79. The largest absolute Gasteiger partial charge is 0.445 e. The van der Waals surface area contributed by atoms with Gasteiger partial charge in [0.25, 0.3) is 0 Å². The normalized spacial score (nSPS) is 17.0. The van der Waals surface area contributed by atoms with E-state index in [0.29, 0.717) is 13.1 Å². The molecule has 0 saturated carbocycles. The van der Waals surface area contributed by atoms with Crippen molar-refractivity contribution in [2.24, 2.45) is 0 Å². The van der Waals surface area contributed by atoms with E-state index in [1.54, 1.807) is 21.8 Å². The second-order valence-electron chi connectivity index (χ2n) is 6.56. The van der Waals surface area contributed by atoms with E-state index >= 15 is 0 Å². The topological polar surface area (TPSA) is 47.4 Å². The van der Waals surface area contributed by atoms with Crippen molar-refractivity contribution in [2.45, 2.75) is 32.0 Å². The van der Waals surface area contributed by atoms with E-state index in [2.05, 4.69) is 5.10 Å². The van der Waals surface area contributed by atoms with Gasteiger partial charge in [0.05, 0.1) is 24.3 Å². The van der Waals surface area contributed by atoms with Gasteiger partial charge in [-0.2, -0.15) is 5.10 Å². The van der Waals surface area contributed by atoms with Crippen molar-refractivity contribution in [3.8, 4) is 0 Å². The van der Waals surface area contributed by atoms with Crippen LogP contribution in [0.1, 0.15) is 18.4 Å². The van der Waals surface area contributed by atoms with Gasteiger partial charge in [-0.3, -0.25) is 4.68 Å². The van der Waals surface area contributed by atoms with Crippen LogP contribution in [0.5, 0.6) is 0 Å². The lowest BCUT2D eigenvalue weighted by molar-refractivity contribution is 0.0891. The van der Waals surface area contributed by atoms with Crippen LogP contribution in [0.2, 0.25) is 0 Å². The first-order valence-electron chi connectivity index (χ1n) is 8.79. The maximum atomic E-state index is 13.5. The predicted octanol–water partition coefficient (Wildman–Crippen LogP) is 3.98. The van der Waals surface area contributed by atoms with Crippen LogP contribution in [-0.2, 0) is 17.9 Å². The highest BCUT2D eigenvalue weighted by Crippen LogP contribution is 2.23. The zero-order valence-corrected chi connectivity index (χ0v) is 14.3. The zero-order valence-electron chi connectivity index (χ0n) is 14.3. The number of fused-ring (bicyclic) bond motifs is 1. The van der Waals surface area contributed by atoms with Crippen LogP contribution in [0.15, 0.2) is 54.7 Å². The first-order chi connectivity index (χ1) is 12.7. The van der Waals surface area contributed by atoms with Crippen LogP contribution in [0.25, 0.3) is 10.9 Å². The molecule has 1 aromatic heterocycles. The summed E-state index contributed by atoms with van der Waals surface area (Å²) >= 11 is 0. The summed E-state index contributed by atoms with van der Waals surface area (Å²) in [5.74, 6) is -0.287. The highest BCUT2D eigenvalue weighted by Gasteiger charge is 2.30. The monoisotopic (exact) mass is 353 g/mol. The third-order valence-electron chi connectivity index (χ3n) is 4.81. The molecule has 4 rings (SSSR count). The number of benzene rings is 2. The highest BCUT2D eigenvalue weighted by molar-refractivity contribution is 5.78. The van der Waals surface area contributed by atoms with Gasteiger partial charge < -0.3 is 9.64 Å². The Balaban J connectivity index is 1.44. The summed E-state index contributed by atoms with van der Waals surface area (Å²) in [6.45, 7) is 1.47. The zero-order chi connectivity index (χ0) is 17.9. The van der Waals surface area contributed by atoms with E-state index in [1.807, 2.05) is 30.3 Å². The number of aromatic nitrogens is 2. The fourth-order valence-corrected chi connectivity index (χ4v) is 3.46. The molecule has 6 heteroatoms. The number of nitrogens with zero attached hydrogens (tertiary/aromatic N) is 3. The molecule has 3 aromatic rings. The maximum absolute atomic E-state index is 13.5. The van der Waals surface area contributed by atoms with E-state index in [9.17, 15) is 9.18 Å². The molecule has 2 aromatic carbocycles. The van der Waals surface area contributed by atoms with Crippen LogP contribution in [-0.4, -0.2) is 33.4 Å². The minimum atomic E-state index is -0.306. The average molecular weight is 353 g/mol. The number of likely N-dealkylation sites (tertiary alicyclic amines) is 1. The van der Waals surface area contributed by atoms with Gasteiger partial charge in [-0.15, -0.1) is 0 Å². The number of hydrogen-bond donors (Lipinski definition) is 0. The van der Waals surface area contributed by atoms with Crippen molar-refractivity contribution in [1.29, 1.82) is 0 Å². The Morgan fingerprint density at radius 2 is 2.08 bits per heavy atom. The molecule has 5 nitrogen and oxygen atoms in total. The molecule has 0 aliphatic carbocycles. The third kappa shape index (κ3) is 3.40. The highest BCUT2D eigenvalue weighted by atomic mass is 19.1. The van der Waals surface area contributed by atoms with Gasteiger partial charge in [-0.05, 0) is 36.6 Å². The van der Waals surface area contributed by atoms with Crippen LogP contribution >= 0.6 is 0 Å². The minimum absolute atomic E-state index is 0.00430. The molecule has 0 unspecified atom stereocenters. The average Bonchev–Trinajstić information content (AvgIpc) is 3.28. The molecule has 0 N–H and O–H groups in total. The summed E-state index contributed by atoms with van der Waals surface area (Å²) < 4.78 is 20.8. The summed E-state index contributed by atoms with van der Waals surface area (Å²) in [5, 5.41) is 5.25. The minimum Gasteiger partial charge on any atom is -0.445 e. The Hall–Kier alpha value is -2.89. The van der Waals surface area contributed by atoms with Crippen LogP contribution in [0, 0.1) is 5.82 Å². The van der Waals surface area contributed by atoms with E-state index in [1.165, 1.54) is 12.1 Å². The number of carbonyl (C=O) groups excluding carboxylic acids is 1. The number of halogens is 1. The van der Waals surface area contributed by atoms with Gasteiger partial charge in [-0.1, -0.05) is 30.3 Å². The number of amides is 1. The standard InChI is InChI=1S/C20H20FN3O2/c21-17-9-8-16-12-22-24(19(16)11-17)13-18-7-4-10-23(18)20(25)26-14-15-5-2-1-3-6-15/h1-3,5-6,8-9,11-12,18H,4,7,10,13-14H2/t18-/m0/s1. The lowest BCUT2D eigenvalue weighted by Gasteiger charge is -2.24. The molecule has 1 amide bonds. The summed E-state index contributed by atoms with van der Waals surface area (Å²) in [4.78, 5) is 14.2. The number of hydrogen-bond acceptors (Lipinski definition) is 3. The molecule has 1 saturated heterocycles. The molecule has 26 heavy (non-hydrogen) atoms. The van der Waals surface area contributed by atoms with Gasteiger partial charge in [0, 0.05) is 11.9 Å². The van der Waals surface area contributed by atoms with Gasteiger partial charge in [0.2, 0.25) is 0 Å². The lowest BCUT2D eigenvalue weighted by Crippen LogP contribution is -2.38. The van der Waals surface area contributed by atoms with Crippen molar-refractivity contribution in [2.75, 3.05) is 6.54 Å². The fourth-order valence-electron chi connectivity index (χ4n) is 3.46. The summed E-state index contributed by atoms with van der Waals surface area (Å²) in [5.41, 5.74) is 1.71. The van der Waals surface area contributed by atoms with Crippen molar-refractivity contribution >= 4 is 17.0 Å². The van der Waals surface area contributed by atoms with Crippen molar-refractivity contribution < 1.29 is 13.9 Å². The smallest absolute Gasteiger partial charge is 0.410 e. The van der Waals surface area contributed by atoms with Crippen LogP contribution < -0.4 is 0 Å². The van der Waals surface area contributed by atoms with E-state index in [-0.39, 0.29) is 24.6 Å². The second-order valence-corrected chi connectivity index (χ2v) is 6.56. The molecule has 134 valence electrons. The second kappa shape index (κ2) is 7.15. The number of rotatable bonds is 4. The molecule has 1 atom stereocenters. The molecule has 0 bridgehead atoms. The summed E-state index contributed by atoms with van der Waals surface area (Å²) in [6.07, 6.45) is 3.23. The Labute approximate surface area is 151 Å². The van der Waals surface area contributed by atoms with E-state index < -0.39 is 0 Å². The predicted molar refractivity (Wildman–Crippen MR) is 96.0 cm³/mol. The quantitative estimate of drug-likeness (QED) is 0.713. The van der Waals surface area contributed by atoms with Gasteiger partial charge in [-0.25, -0.2) is 9.18 Å². The van der Waals surface area contributed by atoms with E-state index in [0.717, 1.165) is 29.3 Å². The van der Waals surface area contributed by atoms with Gasteiger partial charge >= 0.3 is 6.09 Å².